The number of ether oxygens (including phenoxy) is 2. The zero-order chi connectivity index (χ0) is 23.5. The third-order valence-electron chi connectivity index (χ3n) is 4.90. The van der Waals surface area contributed by atoms with Crippen LogP contribution >= 0.6 is 0 Å². The maximum Gasteiger partial charge on any atom is 0.421 e. The Morgan fingerprint density at radius 2 is 1.97 bits per heavy atom. The fourth-order valence-electron chi connectivity index (χ4n) is 3.29. The summed E-state index contributed by atoms with van der Waals surface area (Å²) in [7, 11) is 1.29. The predicted octanol–water partition coefficient (Wildman–Crippen LogP) is 3.55. The van der Waals surface area contributed by atoms with E-state index < -0.39 is 35.8 Å². The summed E-state index contributed by atoms with van der Waals surface area (Å²) in [5.74, 6) is -0.781. The topological polar surface area (TPSA) is 96.5 Å². The van der Waals surface area contributed by atoms with E-state index >= 15 is 0 Å². The van der Waals surface area contributed by atoms with Crippen LogP contribution in [0, 0.1) is 5.82 Å². The van der Waals surface area contributed by atoms with E-state index in [1.807, 2.05) is 0 Å². The normalized spacial score (nSPS) is 14.7. The average molecular weight is 455 g/mol. The number of pyridine rings is 2. The van der Waals surface area contributed by atoms with E-state index in [0.717, 1.165) is 18.2 Å². The molecule has 3 aromatic rings. The molecule has 3 rings (SSSR count). The number of hydrogen-bond acceptors (Lipinski definition) is 6. The maximum absolute atomic E-state index is 14.2. The number of halogens is 4. The molecule has 2 aromatic heterocycles. The summed E-state index contributed by atoms with van der Waals surface area (Å²) in [5, 5.41) is 13.7. The highest BCUT2D eigenvalue weighted by atomic mass is 19.4. The van der Waals surface area contributed by atoms with Gasteiger partial charge in [-0.2, -0.15) is 13.2 Å². The summed E-state index contributed by atoms with van der Waals surface area (Å²) in [6.07, 6.45) is -3.91. The molecule has 0 saturated heterocycles. The van der Waals surface area contributed by atoms with Crippen molar-refractivity contribution < 1.29 is 32.1 Å². The molecule has 0 aliphatic heterocycles. The minimum absolute atomic E-state index is 0.0173. The molecule has 2 heterocycles. The number of aliphatic hydroxyl groups is 1. The van der Waals surface area contributed by atoms with Gasteiger partial charge in [0.2, 0.25) is 17.0 Å². The molecular formula is C21H21F4N3O4. The number of alkyl halides is 3. The number of hydrogen-bond donors (Lipinski definition) is 3. The van der Waals surface area contributed by atoms with E-state index in [1.165, 1.54) is 38.4 Å². The maximum atomic E-state index is 14.2. The lowest BCUT2D eigenvalue weighted by Crippen LogP contribution is -2.56. The molecule has 1 aromatic carbocycles. The van der Waals surface area contributed by atoms with Gasteiger partial charge in [0.25, 0.3) is 0 Å². The van der Waals surface area contributed by atoms with Gasteiger partial charge in [-0.1, -0.05) is 0 Å². The number of nitrogens with zero attached hydrogens (tertiary/aromatic N) is 1. The summed E-state index contributed by atoms with van der Waals surface area (Å²) in [6.45, 7) is 0.333. The zero-order valence-corrected chi connectivity index (χ0v) is 17.2. The number of nitrogens with one attached hydrogen (secondary N) is 2. The van der Waals surface area contributed by atoms with E-state index in [2.05, 4.69) is 15.3 Å². The van der Waals surface area contributed by atoms with Crippen LogP contribution < -0.4 is 15.6 Å². The van der Waals surface area contributed by atoms with E-state index in [4.69, 9.17) is 9.47 Å². The van der Waals surface area contributed by atoms with Gasteiger partial charge in [0.15, 0.2) is 0 Å². The second-order valence-corrected chi connectivity index (χ2v) is 7.01. The standard InChI is InChI=1S/C21H21F4N3O4/c1-3-32-11-20(30,21(23,24)25)19(12-6-7-26-18(8-12)31-2)28-16-10-13(22)9-15-14(16)4-5-17(29)27-15/h4-10,19,28,30H,3,11H2,1-2H3,(H,27,29). The fraction of sp³-hybridized carbons (Fsp3) is 0.333. The molecule has 0 aliphatic rings. The van der Waals surface area contributed by atoms with Crippen molar-refractivity contribution >= 4 is 16.6 Å². The number of anilines is 1. The van der Waals surface area contributed by atoms with Gasteiger partial charge in [-0.15, -0.1) is 0 Å². The van der Waals surface area contributed by atoms with Crippen molar-refractivity contribution in [3.05, 3.63) is 64.3 Å². The first kappa shape index (κ1) is 23.5. The number of aromatic nitrogens is 2. The molecule has 172 valence electrons. The molecule has 0 bridgehead atoms. The molecular weight excluding hydrogens is 434 g/mol. The highest BCUT2D eigenvalue weighted by Gasteiger charge is 2.59. The zero-order valence-electron chi connectivity index (χ0n) is 17.2. The van der Waals surface area contributed by atoms with Crippen LogP contribution in [0.15, 0.2) is 47.4 Å². The Morgan fingerprint density at radius 1 is 1.22 bits per heavy atom. The summed E-state index contributed by atoms with van der Waals surface area (Å²) in [6, 6.07) is 5.17. The molecule has 0 aliphatic carbocycles. The Hall–Kier alpha value is -3.18. The van der Waals surface area contributed by atoms with Crippen molar-refractivity contribution in [2.75, 3.05) is 25.6 Å². The van der Waals surface area contributed by atoms with E-state index in [-0.39, 0.29) is 34.6 Å². The smallest absolute Gasteiger partial charge is 0.421 e. The molecule has 7 nitrogen and oxygen atoms in total. The quantitative estimate of drug-likeness (QED) is 0.450. The summed E-state index contributed by atoms with van der Waals surface area (Å²) >= 11 is 0. The van der Waals surface area contributed by atoms with Gasteiger partial charge in [0, 0.05) is 36.0 Å². The van der Waals surface area contributed by atoms with Crippen LogP contribution in [0.3, 0.4) is 0 Å². The van der Waals surface area contributed by atoms with Crippen molar-refractivity contribution in [2.24, 2.45) is 0 Å². The van der Waals surface area contributed by atoms with Crippen molar-refractivity contribution in [1.29, 1.82) is 0 Å². The molecule has 3 N–H and O–H groups in total. The van der Waals surface area contributed by atoms with Crippen LogP contribution in [0.1, 0.15) is 18.5 Å². The highest BCUT2D eigenvalue weighted by Crippen LogP contribution is 2.43. The Kier molecular flexibility index (Phi) is 6.70. The number of benzene rings is 1. The second-order valence-electron chi connectivity index (χ2n) is 7.01. The highest BCUT2D eigenvalue weighted by molar-refractivity contribution is 5.91. The number of aromatic amines is 1. The van der Waals surface area contributed by atoms with Crippen LogP contribution in [0.5, 0.6) is 5.88 Å². The first-order valence-electron chi connectivity index (χ1n) is 9.55. The number of fused-ring (bicyclic) bond motifs is 1. The Bertz CT molecular complexity index is 1150. The van der Waals surface area contributed by atoms with Crippen LogP contribution in [0.4, 0.5) is 23.2 Å². The van der Waals surface area contributed by atoms with E-state index in [9.17, 15) is 27.5 Å². The number of rotatable bonds is 8. The van der Waals surface area contributed by atoms with Crippen LogP contribution in [0.2, 0.25) is 0 Å². The lowest BCUT2D eigenvalue weighted by Gasteiger charge is -2.38. The van der Waals surface area contributed by atoms with Crippen molar-refractivity contribution in [2.45, 2.75) is 24.7 Å². The first-order chi connectivity index (χ1) is 15.1. The molecule has 11 heteroatoms. The second kappa shape index (κ2) is 9.13. The van der Waals surface area contributed by atoms with Gasteiger partial charge < -0.3 is 24.9 Å². The van der Waals surface area contributed by atoms with E-state index in [0.29, 0.717) is 0 Å². The van der Waals surface area contributed by atoms with Gasteiger partial charge in [0.05, 0.1) is 25.3 Å². The molecule has 0 amide bonds. The lowest BCUT2D eigenvalue weighted by molar-refractivity contribution is -0.281. The minimum atomic E-state index is -5.13. The number of methoxy groups -OCH3 is 1. The van der Waals surface area contributed by atoms with E-state index in [1.54, 1.807) is 0 Å². The Labute approximate surface area is 180 Å². The van der Waals surface area contributed by atoms with Gasteiger partial charge in [-0.05, 0) is 36.8 Å². The number of H-pyrrole nitrogens is 1. The van der Waals surface area contributed by atoms with Gasteiger partial charge in [-0.25, -0.2) is 9.37 Å². The molecule has 0 radical (unpaired) electrons. The van der Waals surface area contributed by atoms with Gasteiger partial charge in [0.1, 0.15) is 5.82 Å². The molecule has 32 heavy (non-hydrogen) atoms. The summed E-state index contributed by atoms with van der Waals surface area (Å²) in [4.78, 5) is 17.9. The monoisotopic (exact) mass is 455 g/mol. The molecule has 0 fully saturated rings. The summed E-state index contributed by atoms with van der Waals surface area (Å²) < 4.78 is 66.7. The molecule has 2 atom stereocenters. The third-order valence-corrected chi connectivity index (χ3v) is 4.90. The SMILES string of the molecule is CCOCC(O)(C(Nc1cc(F)cc2[nH]c(=O)ccc12)c1ccnc(OC)c1)C(F)(F)F. The molecule has 2 unspecified atom stereocenters. The fourth-order valence-corrected chi connectivity index (χ4v) is 3.29. The minimum Gasteiger partial charge on any atom is -0.481 e. The average Bonchev–Trinajstić information content (AvgIpc) is 2.74. The predicted molar refractivity (Wildman–Crippen MR) is 109 cm³/mol. The summed E-state index contributed by atoms with van der Waals surface area (Å²) in [5.41, 5.74) is -3.94. The third kappa shape index (κ3) is 4.68. The van der Waals surface area contributed by atoms with Gasteiger partial charge >= 0.3 is 6.18 Å². The van der Waals surface area contributed by atoms with Crippen LogP contribution in [-0.4, -0.2) is 47.2 Å². The largest absolute Gasteiger partial charge is 0.481 e. The molecule has 0 spiro atoms. The van der Waals surface area contributed by atoms with Crippen LogP contribution in [-0.2, 0) is 4.74 Å². The molecule has 0 saturated carbocycles. The van der Waals surface area contributed by atoms with Gasteiger partial charge in [-0.3, -0.25) is 4.79 Å². The van der Waals surface area contributed by atoms with Crippen LogP contribution in [0.25, 0.3) is 10.9 Å². The lowest BCUT2D eigenvalue weighted by atomic mass is 9.88. The van der Waals surface area contributed by atoms with Crippen molar-refractivity contribution in [3.63, 3.8) is 0 Å². The van der Waals surface area contributed by atoms with Crippen molar-refractivity contribution in [1.82, 2.24) is 9.97 Å². The first-order valence-corrected chi connectivity index (χ1v) is 9.55. The Morgan fingerprint density at radius 3 is 2.62 bits per heavy atom. The Balaban J connectivity index is 2.21. The van der Waals surface area contributed by atoms with Crippen molar-refractivity contribution in [3.8, 4) is 5.88 Å².